The summed E-state index contributed by atoms with van der Waals surface area (Å²) in [5, 5.41) is 9.85. The van der Waals surface area contributed by atoms with E-state index in [-0.39, 0.29) is 24.7 Å². The van der Waals surface area contributed by atoms with E-state index in [4.69, 9.17) is 28.9 Å². The number of urea groups is 1. The third-order valence-electron chi connectivity index (χ3n) is 7.56. The summed E-state index contributed by atoms with van der Waals surface area (Å²) in [4.78, 5) is 45.2. The highest BCUT2D eigenvalue weighted by atomic mass is 35.5. The van der Waals surface area contributed by atoms with Crippen LogP contribution < -0.4 is 10.6 Å². The number of unbranched alkanes of at least 4 members (excludes halogenated alkanes) is 4. The van der Waals surface area contributed by atoms with E-state index in [9.17, 15) is 19.6 Å². The van der Waals surface area contributed by atoms with E-state index in [2.05, 4.69) is 6.07 Å². The summed E-state index contributed by atoms with van der Waals surface area (Å²) in [7, 11) is 1.59. The summed E-state index contributed by atoms with van der Waals surface area (Å²) in [6.45, 7) is 1.03. The Kier molecular flexibility index (Phi) is 8.61. The highest BCUT2D eigenvalue weighted by molar-refractivity contribution is 6.35. The van der Waals surface area contributed by atoms with E-state index in [1.165, 1.54) is 23.1 Å². The van der Waals surface area contributed by atoms with Gasteiger partial charge in [-0.1, -0.05) is 54.6 Å². The van der Waals surface area contributed by atoms with Gasteiger partial charge in [0.15, 0.2) is 0 Å². The number of nitrogens with zero attached hydrogens (tertiary/aromatic N) is 4. The highest BCUT2D eigenvalue weighted by Gasteiger charge is 2.64. The van der Waals surface area contributed by atoms with E-state index in [1.54, 1.807) is 36.2 Å². The lowest BCUT2D eigenvalue weighted by Crippen LogP contribution is -2.54. The van der Waals surface area contributed by atoms with E-state index < -0.39 is 23.4 Å². The molecule has 0 aliphatic carbocycles. The first-order valence-electron chi connectivity index (χ1n) is 12.8. The molecule has 2 saturated heterocycles. The molecule has 0 radical (unpaired) electrons. The van der Waals surface area contributed by atoms with Crippen molar-refractivity contribution in [1.82, 2.24) is 9.80 Å². The van der Waals surface area contributed by atoms with Crippen LogP contribution in [0.3, 0.4) is 0 Å². The van der Waals surface area contributed by atoms with Gasteiger partial charge in [-0.2, -0.15) is 5.26 Å². The van der Waals surface area contributed by atoms with Crippen molar-refractivity contribution in [2.75, 3.05) is 31.6 Å². The molecule has 8 nitrogen and oxygen atoms in total. The molecule has 2 aliphatic rings. The van der Waals surface area contributed by atoms with Crippen molar-refractivity contribution >= 4 is 46.7 Å². The molecule has 38 heavy (non-hydrogen) atoms. The minimum absolute atomic E-state index is 0.0442. The number of imide groups is 1. The van der Waals surface area contributed by atoms with Crippen molar-refractivity contribution in [3.05, 3.63) is 63.6 Å². The van der Waals surface area contributed by atoms with Crippen molar-refractivity contribution in [3.8, 4) is 6.07 Å². The number of carbonyl (C=O) groups excluding carboxylic acids is 3. The number of halogens is 2. The fourth-order valence-electron chi connectivity index (χ4n) is 5.50. The number of nitrogens with two attached hydrogens (primary N) is 1. The maximum atomic E-state index is 14.2. The predicted octanol–water partition coefficient (Wildman–Crippen LogP) is 4.93. The molecule has 0 saturated carbocycles. The van der Waals surface area contributed by atoms with E-state index >= 15 is 0 Å². The maximum Gasteiger partial charge on any atom is 0.332 e. The van der Waals surface area contributed by atoms with Crippen LogP contribution in [0.25, 0.3) is 0 Å². The number of anilines is 1. The van der Waals surface area contributed by atoms with Crippen LogP contribution in [-0.4, -0.2) is 59.9 Å². The molecule has 0 aromatic heterocycles. The largest absolute Gasteiger partial charge is 0.339 e. The Morgan fingerprint density at radius 1 is 1.05 bits per heavy atom. The summed E-state index contributed by atoms with van der Waals surface area (Å²) in [5.74, 6) is -0.961. The summed E-state index contributed by atoms with van der Waals surface area (Å²) >= 11 is 12.4. The third-order valence-corrected chi connectivity index (χ3v) is 7.99. The lowest BCUT2D eigenvalue weighted by atomic mass is 9.80. The monoisotopic (exact) mass is 555 g/mol. The molecule has 4 amide bonds. The third kappa shape index (κ3) is 5.24. The maximum absolute atomic E-state index is 14.2. The van der Waals surface area contributed by atoms with Crippen LogP contribution >= 0.6 is 23.2 Å². The van der Waals surface area contributed by atoms with Gasteiger partial charge in [-0.15, -0.1) is 0 Å². The predicted molar refractivity (Wildman–Crippen MR) is 147 cm³/mol. The second kappa shape index (κ2) is 11.7. The summed E-state index contributed by atoms with van der Waals surface area (Å²) in [6.07, 6.45) is 5.11. The molecule has 4 rings (SSSR count). The molecule has 2 aromatic rings. The topological polar surface area (TPSA) is 111 Å². The summed E-state index contributed by atoms with van der Waals surface area (Å²) in [6, 6.07) is 13.1. The number of benzene rings is 2. The van der Waals surface area contributed by atoms with Crippen molar-refractivity contribution in [2.45, 2.75) is 50.0 Å². The van der Waals surface area contributed by atoms with E-state index in [0.29, 0.717) is 28.6 Å². The zero-order valence-electron chi connectivity index (χ0n) is 21.3. The average molecular weight is 556 g/mol. The number of hydrogen-bond acceptors (Lipinski definition) is 5. The molecule has 2 atom stereocenters. The standard InChI is InChI=1S/C28H31Cl2N5O3/c1-33-27(38)35(23-14-21(29)13-22(30)15-23)26(37)28(33)18-34(25(36)7-5-3-2-4-6-12-31)17-24(28)20-10-8-19(16-32)9-11-20/h8-11,13-15,24H,2-7,12,17-18,31H2,1H3. The number of rotatable bonds is 9. The van der Waals surface area contributed by atoms with E-state index in [1.807, 2.05) is 0 Å². The normalized spacial score (nSPS) is 21.0. The Morgan fingerprint density at radius 3 is 2.32 bits per heavy atom. The molecule has 2 aliphatic heterocycles. The van der Waals surface area contributed by atoms with Crippen LogP contribution in [0.1, 0.15) is 55.6 Å². The number of hydrogen-bond donors (Lipinski definition) is 1. The van der Waals surface area contributed by atoms with Gasteiger partial charge in [0.05, 0.1) is 23.9 Å². The minimum atomic E-state index is -1.31. The molecule has 2 unspecified atom stereocenters. The number of likely N-dealkylation sites (tertiary alicyclic amines) is 1. The summed E-state index contributed by atoms with van der Waals surface area (Å²) in [5.41, 5.74) is 5.79. The van der Waals surface area contributed by atoms with Gasteiger partial charge in [0.2, 0.25) is 5.91 Å². The minimum Gasteiger partial charge on any atom is -0.339 e. The van der Waals surface area contributed by atoms with Crippen LogP contribution in [0.4, 0.5) is 10.5 Å². The Bertz CT molecular complexity index is 1240. The van der Waals surface area contributed by atoms with Gasteiger partial charge in [-0.25, -0.2) is 9.69 Å². The van der Waals surface area contributed by atoms with Crippen LogP contribution in [0.15, 0.2) is 42.5 Å². The first-order chi connectivity index (χ1) is 18.2. The molecular formula is C28H31Cl2N5O3. The van der Waals surface area contributed by atoms with Crippen molar-refractivity contribution in [2.24, 2.45) is 5.73 Å². The van der Waals surface area contributed by atoms with Crippen LogP contribution in [0.5, 0.6) is 0 Å². The van der Waals surface area contributed by atoms with Crippen molar-refractivity contribution < 1.29 is 14.4 Å². The van der Waals surface area contributed by atoms with Gasteiger partial charge in [0.1, 0.15) is 5.54 Å². The fourth-order valence-corrected chi connectivity index (χ4v) is 6.02. The number of carbonyl (C=O) groups is 3. The average Bonchev–Trinajstić information content (AvgIpc) is 3.39. The van der Waals surface area contributed by atoms with Crippen LogP contribution in [0, 0.1) is 11.3 Å². The molecule has 2 fully saturated rings. The molecule has 2 N–H and O–H groups in total. The number of nitriles is 1. The van der Waals surface area contributed by atoms with Gasteiger partial charge in [0, 0.05) is 36.0 Å². The van der Waals surface area contributed by atoms with Crippen LogP contribution in [-0.2, 0) is 9.59 Å². The Hall–Kier alpha value is -3.12. The summed E-state index contributed by atoms with van der Waals surface area (Å²) < 4.78 is 0. The first kappa shape index (κ1) is 27.9. The quantitative estimate of drug-likeness (QED) is 0.348. The second-order valence-corrected chi connectivity index (χ2v) is 10.8. The van der Waals surface area contributed by atoms with Gasteiger partial charge in [0.25, 0.3) is 5.91 Å². The molecular weight excluding hydrogens is 525 g/mol. The van der Waals surface area contributed by atoms with Gasteiger partial charge in [-0.3, -0.25) is 9.59 Å². The molecule has 10 heteroatoms. The van der Waals surface area contributed by atoms with Gasteiger partial charge in [-0.05, 0) is 55.3 Å². The first-order valence-corrected chi connectivity index (χ1v) is 13.5. The lowest BCUT2D eigenvalue weighted by molar-refractivity contribution is -0.131. The molecule has 200 valence electrons. The van der Waals surface area contributed by atoms with E-state index in [0.717, 1.165) is 42.6 Å². The molecule has 1 spiro atoms. The molecule has 2 aromatic carbocycles. The van der Waals surface area contributed by atoms with Gasteiger partial charge >= 0.3 is 6.03 Å². The lowest BCUT2D eigenvalue weighted by Gasteiger charge is -2.33. The Balaban J connectivity index is 1.65. The van der Waals surface area contributed by atoms with Crippen molar-refractivity contribution in [3.63, 3.8) is 0 Å². The zero-order valence-corrected chi connectivity index (χ0v) is 22.8. The number of amides is 4. The smallest absolute Gasteiger partial charge is 0.332 e. The number of likely N-dealkylation sites (N-methyl/N-ethyl adjacent to an activating group) is 1. The van der Waals surface area contributed by atoms with Gasteiger partial charge < -0.3 is 15.5 Å². The Labute approximate surface area is 232 Å². The van der Waals surface area contributed by atoms with Crippen molar-refractivity contribution in [1.29, 1.82) is 5.26 Å². The SMILES string of the molecule is CN1C(=O)N(c2cc(Cl)cc(Cl)c2)C(=O)C12CN(C(=O)CCCCCCCN)CC2c1ccc(C#N)cc1. The second-order valence-electron chi connectivity index (χ2n) is 9.90. The Morgan fingerprint density at radius 2 is 1.68 bits per heavy atom. The highest BCUT2D eigenvalue weighted by Crippen LogP contribution is 2.46. The fraction of sp³-hybridized carbons (Fsp3) is 0.429. The zero-order chi connectivity index (χ0) is 27.4. The van der Waals surface area contributed by atoms with Crippen LogP contribution in [0.2, 0.25) is 10.0 Å². The molecule has 2 heterocycles. The molecule has 0 bridgehead atoms.